The Hall–Kier alpha value is -0.900. The minimum atomic E-state index is 0.237. The van der Waals surface area contributed by atoms with Crippen molar-refractivity contribution in [2.45, 2.75) is 32.9 Å². The molecule has 0 bridgehead atoms. The predicted molar refractivity (Wildman–Crippen MR) is 79.6 cm³/mol. The molecule has 1 N–H and O–H groups in total. The van der Waals surface area contributed by atoms with E-state index in [0.717, 1.165) is 26.2 Å². The summed E-state index contributed by atoms with van der Waals surface area (Å²) >= 11 is 0. The largest absolute Gasteiger partial charge is 0.374 e. The lowest BCUT2D eigenvalue weighted by Crippen LogP contribution is -2.46. The molecule has 0 aromatic heterocycles. The van der Waals surface area contributed by atoms with Crippen LogP contribution in [0.2, 0.25) is 0 Å². The van der Waals surface area contributed by atoms with E-state index in [0.29, 0.717) is 0 Å². The fraction of sp³-hybridized carbons (Fsp3) is 0.625. The summed E-state index contributed by atoms with van der Waals surface area (Å²) in [6.45, 7) is 10.3. The van der Waals surface area contributed by atoms with Crippen LogP contribution in [0.15, 0.2) is 18.2 Å². The monoisotopic (exact) mass is 262 g/mol. The fourth-order valence-electron chi connectivity index (χ4n) is 2.65. The molecule has 0 radical (unpaired) electrons. The third-order valence-electron chi connectivity index (χ3n) is 3.98. The highest BCUT2D eigenvalue weighted by Crippen LogP contribution is 2.24. The molecular formula is C16H26N2O. The maximum absolute atomic E-state index is 5.98. The smallest absolute Gasteiger partial charge is 0.0896 e. The Kier molecular flexibility index (Phi) is 4.97. The molecule has 2 rings (SSSR count). The Morgan fingerprint density at radius 2 is 2.16 bits per heavy atom. The zero-order valence-corrected chi connectivity index (χ0v) is 12.6. The minimum absolute atomic E-state index is 0.237. The first-order chi connectivity index (χ1) is 9.11. The zero-order chi connectivity index (χ0) is 13.8. The van der Waals surface area contributed by atoms with E-state index in [1.807, 2.05) is 0 Å². The number of hydrogen-bond acceptors (Lipinski definition) is 3. The molecule has 1 aliphatic heterocycles. The molecule has 2 unspecified atom stereocenters. The highest BCUT2D eigenvalue weighted by atomic mass is 16.5. The molecule has 0 spiro atoms. The van der Waals surface area contributed by atoms with Crippen molar-refractivity contribution in [1.29, 1.82) is 0 Å². The second kappa shape index (κ2) is 6.51. The Morgan fingerprint density at radius 3 is 2.79 bits per heavy atom. The summed E-state index contributed by atoms with van der Waals surface area (Å²) < 4.78 is 5.98. The summed E-state index contributed by atoms with van der Waals surface area (Å²) in [6, 6.07) is 7.02. The van der Waals surface area contributed by atoms with Gasteiger partial charge in [-0.1, -0.05) is 25.1 Å². The molecule has 0 saturated carbocycles. The molecule has 3 nitrogen and oxygen atoms in total. The normalized spacial score (nSPS) is 22.4. The van der Waals surface area contributed by atoms with Crippen molar-refractivity contribution in [2.75, 3.05) is 33.3 Å². The van der Waals surface area contributed by atoms with Gasteiger partial charge in [-0.3, -0.25) is 0 Å². The van der Waals surface area contributed by atoms with Crippen molar-refractivity contribution >= 4 is 0 Å². The van der Waals surface area contributed by atoms with E-state index in [9.17, 15) is 0 Å². The molecular weight excluding hydrogens is 236 g/mol. The van der Waals surface area contributed by atoms with Gasteiger partial charge in [-0.25, -0.2) is 0 Å². The van der Waals surface area contributed by atoms with Crippen LogP contribution in [-0.4, -0.2) is 44.3 Å². The number of likely N-dealkylation sites (N-methyl/N-ethyl adjacent to an activating group) is 2. The van der Waals surface area contributed by atoms with E-state index in [1.165, 1.54) is 16.7 Å². The first-order valence-corrected chi connectivity index (χ1v) is 7.22. The van der Waals surface area contributed by atoms with Gasteiger partial charge >= 0.3 is 0 Å². The molecule has 3 heteroatoms. The lowest BCUT2D eigenvalue weighted by Gasteiger charge is -2.36. The van der Waals surface area contributed by atoms with Gasteiger partial charge in [0.15, 0.2) is 0 Å². The van der Waals surface area contributed by atoms with Crippen molar-refractivity contribution in [2.24, 2.45) is 0 Å². The van der Waals surface area contributed by atoms with Crippen LogP contribution in [0.1, 0.15) is 29.7 Å². The molecule has 19 heavy (non-hydrogen) atoms. The van der Waals surface area contributed by atoms with Gasteiger partial charge in [0.2, 0.25) is 0 Å². The Balaban J connectivity index is 2.20. The second-order valence-electron chi connectivity index (χ2n) is 5.55. The summed E-state index contributed by atoms with van der Waals surface area (Å²) in [7, 11) is 2.17. The van der Waals surface area contributed by atoms with Crippen LogP contribution < -0.4 is 5.32 Å². The van der Waals surface area contributed by atoms with Crippen LogP contribution in [-0.2, 0) is 4.74 Å². The average molecular weight is 262 g/mol. The molecule has 1 fully saturated rings. The lowest BCUT2D eigenvalue weighted by atomic mass is 9.96. The van der Waals surface area contributed by atoms with Gasteiger partial charge in [-0.05, 0) is 44.1 Å². The number of morpholine rings is 1. The van der Waals surface area contributed by atoms with Gasteiger partial charge in [0, 0.05) is 13.1 Å². The first-order valence-electron chi connectivity index (χ1n) is 7.22. The van der Waals surface area contributed by atoms with Crippen molar-refractivity contribution in [3.05, 3.63) is 34.9 Å². The molecule has 1 heterocycles. The molecule has 0 aliphatic carbocycles. The quantitative estimate of drug-likeness (QED) is 0.901. The van der Waals surface area contributed by atoms with Crippen LogP contribution in [0.4, 0.5) is 0 Å². The van der Waals surface area contributed by atoms with Gasteiger partial charge in [-0.2, -0.15) is 0 Å². The lowest BCUT2D eigenvalue weighted by molar-refractivity contribution is -0.0390. The summed E-state index contributed by atoms with van der Waals surface area (Å²) in [6.07, 6.45) is 0.237. The van der Waals surface area contributed by atoms with Gasteiger partial charge in [-0.15, -0.1) is 0 Å². The number of ether oxygens (including phenoxy) is 1. The van der Waals surface area contributed by atoms with E-state index in [-0.39, 0.29) is 12.1 Å². The average Bonchev–Trinajstić information content (AvgIpc) is 2.39. The van der Waals surface area contributed by atoms with Crippen LogP contribution in [0.3, 0.4) is 0 Å². The maximum Gasteiger partial charge on any atom is 0.0896 e. The molecule has 1 aliphatic rings. The summed E-state index contributed by atoms with van der Waals surface area (Å²) in [5.41, 5.74) is 4.04. The highest BCUT2D eigenvalue weighted by Gasteiger charge is 2.27. The number of rotatable bonds is 4. The highest BCUT2D eigenvalue weighted by molar-refractivity contribution is 5.32. The Labute approximate surface area is 116 Å². The topological polar surface area (TPSA) is 24.5 Å². The SMILES string of the molecule is CCNC(c1ccc(C)c(C)c1)C1CN(C)CCO1. The second-order valence-corrected chi connectivity index (χ2v) is 5.55. The van der Waals surface area contributed by atoms with Crippen molar-refractivity contribution in [3.63, 3.8) is 0 Å². The fourth-order valence-corrected chi connectivity index (χ4v) is 2.65. The number of nitrogens with one attached hydrogen (secondary N) is 1. The molecule has 1 aromatic rings. The van der Waals surface area contributed by atoms with Gasteiger partial charge in [0.05, 0.1) is 18.8 Å². The van der Waals surface area contributed by atoms with Crippen LogP contribution >= 0.6 is 0 Å². The Morgan fingerprint density at radius 1 is 1.37 bits per heavy atom. The number of hydrogen-bond donors (Lipinski definition) is 1. The van der Waals surface area contributed by atoms with Crippen molar-refractivity contribution in [3.8, 4) is 0 Å². The Bertz CT molecular complexity index is 419. The molecule has 106 valence electrons. The van der Waals surface area contributed by atoms with Crippen molar-refractivity contribution in [1.82, 2.24) is 10.2 Å². The predicted octanol–water partition coefficient (Wildman–Crippen LogP) is 2.28. The minimum Gasteiger partial charge on any atom is -0.374 e. The molecule has 2 atom stereocenters. The summed E-state index contributed by atoms with van der Waals surface area (Å²) in [5, 5.41) is 3.58. The number of aryl methyl sites for hydroxylation is 2. The maximum atomic E-state index is 5.98. The van der Waals surface area contributed by atoms with Crippen LogP contribution in [0.5, 0.6) is 0 Å². The van der Waals surface area contributed by atoms with E-state index in [4.69, 9.17) is 4.74 Å². The number of nitrogens with zero attached hydrogens (tertiary/aromatic N) is 1. The van der Waals surface area contributed by atoms with Crippen molar-refractivity contribution < 1.29 is 4.74 Å². The van der Waals surface area contributed by atoms with E-state index in [1.54, 1.807) is 0 Å². The van der Waals surface area contributed by atoms with Gasteiger partial charge in [0.1, 0.15) is 0 Å². The third-order valence-corrected chi connectivity index (χ3v) is 3.98. The molecule has 1 aromatic carbocycles. The number of benzene rings is 1. The van der Waals surface area contributed by atoms with Gasteiger partial charge in [0.25, 0.3) is 0 Å². The molecule has 1 saturated heterocycles. The third kappa shape index (κ3) is 3.56. The summed E-state index contributed by atoms with van der Waals surface area (Å²) in [5.74, 6) is 0. The van der Waals surface area contributed by atoms with E-state index >= 15 is 0 Å². The van der Waals surface area contributed by atoms with Crippen LogP contribution in [0.25, 0.3) is 0 Å². The van der Waals surface area contributed by atoms with E-state index in [2.05, 4.69) is 56.2 Å². The zero-order valence-electron chi connectivity index (χ0n) is 12.6. The molecule has 0 amide bonds. The standard InChI is InChI=1S/C16H26N2O/c1-5-17-16(15-11-18(4)8-9-19-15)14-7-6-12(2)13(3)10-14/h6-7,10,15-17H,5,8-9,11H2,1-4H3. The van der Waals surface area contributed by atoms with E-state index < -0.39 is 0 Å². The first kappa shape index (κ1) is 14.5. The van der Waals surface area contributed by atoms with Crippen LogP contribution in [0, 0.1) is 13.8 Å². The summed E-state index contributed by atoms with van der Waals surface area (Å²) in [4.78, 5) is 2.35. The van der Waals surface area contributed by atoms with Gasteiger partial charge < -0.3 is 15.0 Å².